The summed E-state index contributed by atoms with van der Waals surface area (Å²) in [6.07, 6.45) is 4.37. The fourth-order valence-corrected chi connectivity index (χ4v) is 4.05. The predicted molar refractivity (Wildman–Crippen MR) is 99.8 cm³/mol. The lowest BCUT2D eigenvalue weighted by molar-refractivity contribution is -0.124. The molecule has 2 unspecified atom stereocenters. The second-order valence-corrected chi connectivity index (χ2v) is 7.98. The third-order valence-electron chi connectivity index (χ3n) is 5.56. The highest BCUT2D eigenvalue weighted by Gasteiger charge is 2.56. The maximum absolute atomic E-state index is 13.8. The predicted octanol–water partition coefficient (Wildman–Crippen LogP) is 2.58. The molecule has 2 fully saturated rings. The van der Waals surface area contributed by atoms with Gasteiger partial charge in [-0.3, -0.25) is 14.8 Å². The van der Waals surface area contributed by atoms with Crippen molar-refractivity contribution in [2.45, 2.75) is 38.4 Å². The summed E-state index contributed by atoms with van der Waals surface area (Å²) in [5.74, 6) is -0.351. The number of nitriles is 1. The third-order valence-corrected chi connectivity index (χ3v) is 5.56. The van der Waals surface area contributed by atoms with Gasteiger partial charge in [-0.2, -0.15) is 5.26 Å². The molecule has 1 saturated carbocycles. The topological polar surface area (TPSA) is 81.9 Å². The van der Waals surface area contributed by atoms with Crippen LogP contribution in [0.1, 0.15) is 32.3 Å². The minimum absolute atomic E-state index is 0.0417. The number of carbonyl (C=O) groups excluding carboxylic acids is 1. The van der Waals surface area contributed by atoms with Crippen LogP contribution in [0.3, 0.4) is 0 Å². The van der Waals surface area contributed by atoms with E-state index in [9.17, 15) is 14.4 Å². The monoisotopic (exact) mass is 367 g/mol. The molecular formula is C20H22FN5O. The average Bonchev–Trinajstić information content (AvgIpc) is 3.29. The van der Waals surface area contributed by atoms with Crippen molar-refractivity contribution in [2.24, 2.45) is 11.8 Å². The first-order chi connectivity index (χ1) is 12.9. The number of rotatable bonds is 3. The summed E-state index contributed by atoms with van der Waals surface area (Å²) < 4.78 is 13.8. The van der Waals surface area contributed by atoms with Gasteiger partial charge in [-0.1, -0.05) is 6.92 Å². The number of aromatic nitrogens is 2. The van der Waals surface area contributed by atoms with Crippen molar-refractivity contribution >= 4 is 22.6 Å². The Labute approximate surface area is 157 Å². The lowest BCUT2D eigenvalue weighted by Gasteiger charge is -2.38. The van der Waals surface area contributed by atoms with Crippen LogP contribution >= 0.6 is 0 Å². The normalized spacial score (nSPS) is 30.0. The van der Waals surface area contributed by atoms with E-state index in [4.69, 9.17) is 0 Å². The Morgan fingerprint density at radius 2 is 2.04 bits per heavy atom. The SMILES string of the molecule is C[C@H]1C[C@@H](NC(=O)C2CC2(C)F)CN(c2ccc(C#N)c3nccnc23)C1. The minimum Gasteiger partial charge on any atom is -0.367 e. The summed E-state index contributed by atoms with van der Waals surface area (Å²) in [4.78, 5) is 23.2. The molecule has 1 saturated heterocycles. The smallest absolute Gasteiger partial charge is 0.226 e. The van der Waals surface area contributed by atoms with E-state index in [0.29, 0.717) is 35.5 Å². The van der Waals surface area contributed by atoms with Gasteiger partial charge in [0.25, 0.3) is 0 Å². The lowest BCUT2D eigenvalue weighted by Crippen LogP contribution is -2.51. The molecule has 0 spiro atoms. The van der Waals surface area contributed by atoms with Crippen molar-refractivity contribution in [3.63, 3.8) is 0 Å². The molecule has 1 aliphatic heterocycles. The summed E-state index contributed by atoms with van der Waals surface area (Å²) in [7, 11) is 0. The minimum atomic E-state index is -1.36. The van der Waals surface area contributed by atoms with Crippen LogP contribution in [0.5, 0.6) is 0 Å². The molecule has 140 valence electrons. The molecule has 1 amide bonds. The summed E-state index contributed by atoms with van der Waals surface area (Å²) in [6, 6.07) is 5.77. The van der Waals surface area contributed by atoms with Gasteiger partial charge in [0.1, 0.15) is 22.8 Å². The second kappa shape index (κ2) is 6.45. The van der Waals surface area contributed by atoms with E-state index in [0.717, 1.165) is 18.7 Å². The van der Waals surface area contributed by atoms with Crippen LogP contribution in [0.2, 0.25) is 0 Å². The number of amides is 1. The van der Waals surface area contributed by atoms with Gasteiger partial charge < -0.3 is 10.2 Å². The summed E-state index contributed by atoms with van der Waals surface area (Å²) in [5.41, 5.74) is 1.32. The van der Waals surface area contributed by atoms with Crippen molar-refractivity contribution in [1.29, 1.82) is 5.26 Å². The zero-order valence-electron chi connectivity index (χ0n) is 15.4. The Morgan fingerprint density at radius 1 is 1.33 bits per heavy atom. The number of alkyl halides is 1. The number of carbonyl (C=O) groups is 1. The van der Waals surface area contributed by atoms with Crippen molar-refractivity contribution in [3.05, 3.63) is 30.1 Å². The summed E-state index contributed by atoms with van der Waals surface area (Å²) >= 11 is 0. The van der Waals surface area contributed by atoms with Crippen LogP contribution in [0.15, 0.2) is 24.5 Å². The molecule has 1 N–H and O–H groups in total. The van der Waals surface area contributed by atoms with Crippen molar-refractivity contribution in [2.75, 3.05) is 18.0 Å². The number of nitrogens with zero attached hydrogens (tertiary/aromatic N) is 4. The highest BCUT2D eigenvalue weighted by atomic mass is 19.1. The fraction of sp³-hybridized carbons (Fsp3) is 0.500. The van der Waals surface area contributed by atoms with E-state index in [-0.39, 0.29) is 11.9 Å². The Kier molecular flexibility index (Phi) is 4.22. The summed E-state index contributed by atoms with van der Waals surface area (Å²) in [6.45, 7) is 5.07. The molecule has 7 heteroatoms. The average molecular weight is 367 g/mol. The van der Waals surface area contributed by atoms with Crippen LogP contribution in [-0.2, 0) is 4.79 Å². The van der Waals surface area contributed by atoms with Crippen LogP contribution in [0.4, 0.5) is 10.1 Å². The van der Waals surface area contributed by atoms with Gasteiger partial charge >= 0.3 is 0 Å². The number of anilines is 1. The van der Waals surface area contributed by atoms with E-state index >= 15 is 0 Å². The Morgan fingerprint density at radius 3 is 2.70 bits per heavy atom. The maximum Gasteiger partial charge on any atom is 0.226 e. The Hall–Kier alpha value is -2.75. The van der Waals surface area contributed by atoms with Crippen molar-refractivity contribution in [1.82, 2.24) is 15.3 Å². The van der Waals surface area contributed by atoms with Gasteiger partial charge in [-0.05, 0) is 37.8 Å². The molecular weight excluding hydrogens is 345 g/mol. The van der Waals surface area contributed by atoms with E-state index in [1.807, 2.05) is 6.07 Å². The zero-order chi connectivity index (χ0) is 19.2. The van der Waals surface area contributed by atoms with Gasteiger partial charge in [0.05, 0.1) is 17.2 Å². The number of fused-ring (bicyclic) bond motifs is 1. The second-order valence-electron chi connectivity index (χ2n) is 7.98. The molecule has 4 rings (SSSR count). The molecule has 1 aliphatic carbocycles. The Bertz CT molecular complexity index is 938. The molecule has 2 aromatic rings. The molecule has 2 heterocycles. The van der Waals surface area contributed by atoms with Crippen molar-refractivity contribution in [3.8, 4) is 6.07 Å². The van der Waals surface area contributed by atoms with Crippen LogP contribution < -0.4 is 10.2 Å². The number of benzene rings is 1. The highest BCUT2D eigenvalue weighted by molar-refractivity contribution is 5.92. The third kappa shape index (κ3) is 3.32. The van der Waals surface area contributed by atoms with Gasteiger partial charge in [0.15, 0.2) is 0 Å². The summed E-state index contributed by atoms with van der Waals surface area (Å²) in [5, 5.41) is 12.3. The molecule has 2 aliphatic rings. The standard InChI is InChI=1S/C20H22FN5O/c1-12-7-14(25-19(27)15-8-20(15,2)21)11-26(10-12)16-4-3-13(9-22)17-18(16)24-6-5-23-17/h3-6,12,14-15H,7-8,10-11H2,1-2H3,(H,25,27)/t12-,14+,15?,20?/m0/s1. The first-order valence-corrected chi connectivity index (χ1v) is 9.27. The molecule has 27 heavy (non-hydrogen) atoms. The van der Waals surface area contributed by atoms with Gasteiger partial charge in [-0.25, -0.2) is 4.39 Å². The van der Waals surface area contributed by atoms with Gasteiger partial charge in [-0.15, -0.1) is 0 Å². The number of hydrogen-bond acceptors (Lipinski definition) is 5. The maximum atomic E-state index is 13.8. The van der Waals surface area contributed by atoms with E-state index in [1.54, 1.807) is 18.5 Å². The van der Waals surface area contributed by atoms with Crippen LogP contribution in [0.25, 0.3) is 11.0 Å². The molecule has 0 radical (unpaired) electrons. The Balaban J connectivity index is 1.58. The molecule has 1 aromatic carbocycles. The van der Waals surface area contributed by atoms with Crippen LogP contribution in [0, 0.1) is 23.2 Å². The number of nitrogens with one attached hydrogen (secondary N) is 1. The fourth-order valence-electron chi connectivity index (χ4n) is 4.05. The lowest BCUT2D eigenvalue weighted by atomic mass is 9.94. The highest BCUT2D eigenvalue weighted by Crippen LogP contribution is 2.47. The zero-order valence-corrected chi connectivity index (χ0v) is 15.4. The van der Waals surface area contributed by atoms with Gasteiger partial charge in [0.2, 0.25) is 5.91 Å². The number of piperidine rings is 1. The number of halogens is 1. The van der Waals surface area contributed by atoms with Crippen molar-refractivity contribution < 1.29 is 9.18 Å². The molecule has 6 nitrogen and oxygen atoms in total. The van der Waals surface area contributed by atoms with E-state index in [2.05, 4.69) is 33.2 Å². The molecule has 0 bridgehead atoms. The first kappa shape index (κ1) is 17.7. The van der Waals surface area contributed by atoms with E-state index in [1.165, 1.54) is 6.92 Å². The molecule has 4 atom stereocenters. The van der Waals surface area contributed by atoms with Gasteiger partial charge in [0, 0.05) is 31.5 Å². The number of hydrogen-bond donors (Lipinski definition) is 1. The van der Waals surface area contributed by atoms with E-state index < -0.39 is 11.6 Å². The largest absolute Gasteiger partial charge is 0.367 e. The first-order valence-electron chi connectivity index (χ1n) is 9.27. The molecule has 1 aromatic heterocycles. The van der Waals surface area contributed by atoms with Crippen LogP contribution in [-0.4, -0.2) is 40.7 Å². The quantitative estimate of drug-likeness (QED) is 0.902.